The van der Waals surface area contributed by atoms with Gasteiger partial charge in [0.2, 0.25) is 0 Å². The molecule has 290 valence electrons. The van der Waals surface area contributed by atoms with Crippen LogP contribution in [0.4, 0.5) is 13.2 Å². The van der Waals surface area contributed by atoms with Crippen LogP contribution in [0.3, 0.4) is 0 Å². The summed E-state index contributed by atoms with van der Waals surface area (Å²) in [6.07, 6.45) is -4.79. The minimum atomic E-state index is -4.79. The molecule has 0 saturated carbocycles. The molecule has 0 unspecified atom stereocenters. The summed E-state index contributed by atoms with van der Waals surface area (Å²) in [4.78, 5) is 0. The fraction of sp³-hybridized carbons (Fsp3) is 0.0926. The average molecular weight is 786 g/mol. The predicted octanol–water partition coefficient (Wildman–Crippen LogP) is 15.0. The molecule has 0 atom stereocenters. The fourth-order valence-corrected chi connectivity index (χ4v) is 9.30. The van der Waals surface area contributed by atoms with Crippen LogP contribution in [-0.4, -0.2) is 9.13 Å². The molecule has 10 aromatic rings. The monoisotopic (exact) mass is 785 g/mol. The van der Waals surface area contributed by atoms with Crippen molar-refractivity contribution in [2.24, 2.45) is 0 Å². The molecule has 0 saturated heterocycles. The van der Waals surface area contributed by atoms with E-state index >= 15 is 13.2 Å². The largest absolute Gasteiger partial charge is 0.420 e. The second kappa shape index (κ2) is 13.9. The first kappa shape index (κ1) is 36.9. The molecule has 0 aliphatic heterocycles. The van der Waals surface area contributed by atoms with E-state index in [-0.39, 0.29) is 11.4 Å². The van der Waals surface area contributed by atoms with Gasteiger partial charge in [-0.2, -0.15) is 18.4 Å². The van der Waals surface area contributed by atoms with E-state index in [9.17, 15) is 5.26 Å². The molecule has 0 bridgehead atoms. The van der Waals surface area contributed by atoms with Crippen LogP contribution in [0, 0.1) is 39.0 Å². The standard InChI is InChI=1S/C54H38F3N3/c1-32-20-33(2)23-40(22-32)38-16-18-49-45(27-38)43-12-5-7-14-47(43)59(49)51-29-42(37-11-9-10-36(26-37)31-58)30-52(53(51)54(55,56)57)60-48-15-8-6-13-44(48)46-28-39(17-19-50(46)60)41-24-34(3)21-35(4)25-41/h5-30H,1-4H3. The Morgan fingerprint density at radius 3 is 1.27 bits per heavy atom. The number of aromatic nitrogens is 2. The molecule has 0 N–H and O–H groups in total. The Morgan fingerprint density at radius 2 is 0.817 bits per heavy atom. The van der Waals surface area contributed by atoms with Gasteiger partial charge >= 0.3 is 6.18 Å². The predicted molar refractivity (Wildman–Crippen MR) is 240 cm³/mol. The van der Waals surface area contributed by atoms with Gasteiger partial charge in [-0.05, 0) is 122 Å². The lowest BCUT2D eigenvalue weighted by Crippen LogP contribution is -2.16. The topological polar surface area (TPSA) is 33.6 Å². The fourth-order valence-electron chi connectivity index (χ4n) is 9.30. The third-order valence-corrected chi connectivity index (χ3v) is 11.6. The zero-order valence-corrected chi connectivity index (χ0v) is 33.5. The minimum Gasteiger partial charge on any atom is -0.309 e. The Balaban J connectivity index is 1.32. The number of nitrogens with zero attached hydrogens (tertiary/aromatic N) is 3. The molecule has 0 aliphatic carbocycles. The first-order valence-electron chi connectivity index (χ1n) is 20.0. The lowest BCUT2D eigenvalue weighted by atomic mass is 9.97. The lowest BCUT2D eigenvalue weighted by Gasteiger charge is -2.23. The molecule has 0 fully saturated rings. The number of hydrogen-bond donors (Lipinski definition) is 0. The van der Waals surface area contributed by atoms with Crippen molar-refractivity contribution in [1.82, 2.24) is 9.13 Å². The van der Waals surface area contributed by atoms with Crippen LogP contribution in [0.5, 0.6) is 0 Å². The van der Waals surface area contributed by atoms with E-state index in [0.29, 0.717) is 38.8 Å². The molecule has 0 radical (unpaired) electrons. The molecule has 6 heteroatoms. The van der Waals surface area contributed by atoms with Crippen LogP contribution in [0.1, 0.15) is 33.4 Å². The summed E-state index contributed by atoms with van der Waals surface area (Å²) in [5, 5.41) is 13.3. The minimum absolute atomic E-state index is 0.000461. The Labute approximate surface area is 345 Å². The number of halogens is 3. The molecular formula is C54H38F3N3. The summed E-state index contributed by atoms with van der Waals surface area (Å²) in [5.41, 5.74) is 12.1. The maximum Gasteiger partial charge on any atom is 0.420 e. The highest BCUT2D eigenvalue weighted by molar-refractivity contribution is 6.12. The Bertz CT molecular complexity index is 3200. The molecule has 2 aromatic heterocycles. The van der Waals surface area contributed by atoms with Gasteiger partial charge in [-0.25, -0.2) is 0 Å². The van der Waals surface area contributed by atoms with Gasteiger partial charge in [0.25, 0.3) is 0 Å². The molecule has 0 spiro atoms. The summed E-state index contributed by atoms with van der Waals surface area (Å²) < 4.78 is 52.7. The van der Waals surface area contributed by atoms with E-state index in [1.807, 2.05) is 78.9 Å². The van der Waals surface area contributed by atoms with Crippen molar-refractivity contribution in [2.75, 3.05) is 0 Å². The van der Waals surface area contributed by atoms with Gasteiger partial charge in [0.1, 0.15) is 5.56 Å². The van der Waals surface area contributed by atoms with Gasteiger partial charge in [0.15, 0.2) is 0 Å². The number of nitriles is 1. The van der Waals surface area contributed by atoms with Crippen LogP contribution in [0.25, 0.3) is 88.4 Å². The van der Waals surface area contributed by atoms with Crippen LogP contribution < -0.4 is 0 Å². The van der Waals surface area contributed by atoms with E-state index in [4.69, 9.17) is 0 Å². The molecule has 0 aliphatic rings. The maximum atomic E-state index is 16.4. The van der Waals surface area contributed by atoms with E-state index < -0.39 is 11.7 Å². The summed E-state index contributed by atoms with van der Waals surface area (Å²) in [6, 6.07) is 52.8. The van der Waals surface area contributed by atoms with E-state index in [1.165, 1.54) is 0 Å². The highest BCUT2D eigenvalue weighted by atomic mass is 19.4. The smallest absolute Gasteiger partial charge is 0.309 e. The van der Waals surface area contributed by atoms with Gasteiger partial charge in [-0.15, -0.1) is 0 Å². The number of benzene rings is 8. The van der Waals surface area contributed by atoms with E-state index in [0.717, 1.165) is 66.1 Å². The summed E-state index contributed by atoms with van der Waals surface area (Å²) >= 11 is 0. The van der Waals surface area contributed by atoms with Gasteiger partial charge in [0.05, 0.1) is 45.1 Å². The summed E-state index contributed by atoms with van der Waals surface area (Å²) in [6.45, 7) is 8.27. The van der Waals surface area contributed by atoms with Crippen LogP contribution in [-0.2, 0) is 6.18 Å². The number of rotatable bonds is 5. The average Bonchev–Trinajstić information content (AvgIpc) is 3.74. The van der Waals surface area contributed by atoms with Gasteiger partial charge in [-0.3, -0.25) is 0 Å². The number of para-hydroxylation sites is 2. The number of alkyl halides is 3. The normalized spacial score (nSPS) is 11.9. The maximum absolute atomic E-state index is 16.4. The van der Waals surface area contributed by atoms with Crippen molar-refractivity contribution in [1.29, 1.82) is 5.26 Å². The van der Waals surface area contributed by atoms with Gasteiger partial charge in [-0.1, -0.05) is 119 Å². The third-order valence-electron chi connectivity index (χ3n) is 11.6. The van der Waals surface area contributed by atoms with Crippen molar-refractivity contribution < 1.29 is 13.2 Å². The van der Waals surface area contributed by atoms with Crippen LogP contribution in [0.2, 0.25) is 0 Å². The van der Waals surface area contributed by atoms with E-state index in [1.54, 1.807) is 39.5 Å². The lowest BCUT2D eigenvalue weighted by molar-refractivity contribution is -0.137. The van der Waals surface area contributed by atoms with Crippen molar-refractivity contribution in [3.8, 4) is 50.8 Å². The van der Waals surface area contributed by atoms with Crippen molar-refractivity contribution in [3.63, 3.8) is 0 Å². The molecule has 2 heterocycles. The first-order valence-corrected chi connectivity index (χ1v) is 20.0. The molecule has 60 heavy (non-hydrogen) atoms. The number of fused-ring (bicyclic) bond motifs is 6. The first-order chi connectivity index (χ1) is 28.9. The highest BCUT2D eigenvalue weighted by Crippen LogP contribution is 2.47. The zero-order chi connectivity index (χ0) is 41.4. The SMILES string of the molecule is Cc1cc(C)cc(-c2ccc3c(c2)c2ccccc2n3-c2cc(-c3cccc(C#N)c3)cc(-n3c4ccccc4c4cc(-c5cc(C)cc(C)c5)ccc43)c2C(F)(F)F)c1. The summed E-state index contributed by atoms with van der Waals surface area (Å²) in [5.74, 6) is 0. The van der Waals surface area contributed by atoms with Crippen molar-refractivity contribution >= 4 is 43.6 Å². The molecule has 10 rings (SSSR count). The van der Waals surface area contributed by atoms with Gasteiger partial charge < -0.3 is 9.13 Å². The zero-order valence-electron chi connectivity index (χ0n) is 33.5. The van der Waals surface area contributed by atoms with Crippen molar-refractivity contribution in [2.45, 2.75) is 33.9 Å². The van der Waals surface area contributed by atoms with E-state index in [2.05, 4.69) is 82.3 Å². The third kappa shape index (κ3) is 6.13. The van der Waals surface area contributed by atoms with Crippen LogP contribution in [0.15, 0.2) is 158 Å². The molecule has 0 amide bonds. The van der Waals surface area contributed by atoms with Crippen molar-refractivity contribution in [3.05, 3.63) is 191 Å². The second-order valence-corrected chi connectivity index (χ2v) is 16.0. The van der Waals surface area contributed by atoms with Crippen LogP contribution >= 0.6 is 0 Å². The number of aryl methyl sites for hydroxylation is 4. The molecule has 3 nitrogen and oxygen atoms in total. The molecule has 8 aromatic carbocycles. The Hall–Kier alpha value is -7.36. The molecular weight excluding hydrogens is 748 g/mol. The highest BCUT2D eigenvalue weighted by Gasteiger charge is 2.39. The second-order valence-electron chi connectivity index (χ2n) is 16.0. The Kier molecular flexibility index (Phi) is 8.55. The Morgan fingerprint density at radius 1 is 0.400 bits per heavy atom. The quantitative estimate of drug-likeness (QED) is 0.171. The number of hydrogen-bond acceptors (Lipinski definition) is 1. The summed E-state index contributed by atoms with van der Waals surface area (Å²) in [7, 11) is 0. The van der Waals surface area contributed by atoms with Gasteiger partial charge in [0, 0.05) is 21.5 Å².